The number of anilines is 2. The molecule has 1 aromatic carbocycles. The summed E-state index contributed by atoms with van der Waals surface area (Å²) in [6, 6.07) is 9.18. The second-order valence-electron chi connectivity index (χ2n) is 10.9. The molecule has 4 heterocycles. The molecule has 0 bridgehead atoms. The molecule has 4 aromatic rings. The van der Waals surface area contributed by atoms with E-state index in [2.05, 4.69) is 25.5 Å². The zero-order chi connectivity index (χ0) is 27.9. The van der Waals surface area contributed by atoms with Gasteiger partial charge in [0.15, 0.2) is 11.5 Å². The van der Waals surface area contributed by atoms with E-state index >= 15 is 0 Å². The largest absolute Gasteiger partial charge is 0.348 e. The van der Waals surface area contributed by atoms with Gasteiger partial charge in [0.05, 0.1) is 23.1 Å². The highest BCUT2D eigenvalue weighted by atomic mass is 19.1. The fourth-order valence-corrected chi connectivity index (χ4v) is 5.01. The van der Waals surface area contributed by atoms with Gasteiger partial charge in [-0.3, -0.25) is 14.0 Å². The number of nitrogens with one attached hydrogen (secondary N) is 2. The Bertz CT molecular complexity index is 1570. The number of pyridine rings is 2. The van der Waals surface area contributed by atoms with Gasteiger partial charge in [0.25, 0.3) is 5.91 Å². The van der Waals surface area contributed by atoms with Gasteiger partial charge in [0, 0.05) is 36.3 Å². The fraction of sp³-hybridized carbons (Fsp3) is 0.333. The molecule has 8 nitrogen and oxygen atoms in total. The summed E-state index contributed by atoms with van der Waals surface area (Å²) < 4.78 is 16.3. The Morgan fingerprint density at radius 3 is 2.67 bits per heavy atom. The van der Waals surface area contributed by atoms with Gasteiger partial charge >= 0.3 is 0 Å². The average Bonchev–Trinajstić information content (AvgIpc) is 3.51. The number of benzene rings is 1. The second kappa shape index (κ2) is 10.2. The molecule has 39 heavy (non-hydrogen) atoms. The maximum atomic E-state index is 14.6. The summed E-state index contributed by atoms with van der Waals surface area (Å²) in [4.78, 5) is 36.7. The number of carbonyl (C=O) groups excluding carboxylic acids is 2. The van der Waals surface area contributed by atoms with Crippen molar-refractivity contribution in [3.63, 3.8) is 0 Å². The molecule has 0 fully saturated rings. The molecule has 0 atom stereocenters. The van der Waals surface area contributed by atoms with Crippen LogP contribution in [0.2, 0.25) is 0 Å². The molecular weight excluding hydrogens is 495 g/mol. The standard InChI is InChI=1S/C30H33FN6O2/c1-18-12-14-37-23(17-33-28(37)27(18)31)20-9-10-22(26-21(20)16-34-29(26)39)35-25-11-8-19(15-32-25)30(2,3)24(38)7-6-13-36(4)5/h8-12,14-15,17H,6-7,13,16H2,1-5H3,(H,32,35)(H,34,39). The topological polar surface area (TPSA) is 91.6 Å². The highest BCUT2D eigenvalue weighted by molar-refractivity contribution is 6.06. The molecule has 3 aromatic heterocycles. The molecule has 1 aliphatic rings. The van der Waals surface area contributed by atoms with Crippen molar-refractivity contribution in [2.45, 2.75) is 45.6 Å². The van der Waals surface area contributed by atoms with Gasteiger partial charge < -0.3 is 15.5 Å². The van der Waals surface area contributed by atoms with Crippen LogP contribution in [0.5, 0.6) is 0 Å². The van der Waals surface area contributed by atoms with Crippen LogP contribution >= 0.6 is 0 Å². The normalized spacial score (nSPS) is 13.2. The van der Waals surface area contributed by atoms with Crippen molar-refractivity contribution in [3.8, 4) is 11.3 Å². The van der Waals surface area contributed by atoms with E-state index in [1.54, 1.807) is 36.0 Å². The lowest BCUT2D eigenvalue weighted by Gasteiger charge is -2.24. The molecule has 0 saturated heterocycles. The van der Waals surface area contributed by atoms with E-state index in [-0.39, 0.29) is 23.2 Å². The number of hydrogen-bond acceptors (Lipinski definition) is 6. The van der Waals surface area contributed by atoms with Crippen LogP contribution in [0, 0.1) is 12.7 Å². The van der Waals surface area contributed by atoms with Gasteiger partial charge in [-0.1, -0.05) is 12.1 Å². The number of fused-ring (bicyclic) bond motifs is 2. The summed E-state index contributed by atoms with van der Waals surface area (Å²) in [7, 11) is 4.00. The lowest BCUT2D eigenvalue weighted by Crippen LogP contribution is -2.30. The summed E-state index contributed by atoms with van der Waals surface area (Å²) in [6.07, 6.45) is 6.47. The van der Waals surface area contributed by atoms with Crippen LogP contribution in [0.3, 0.4) is 0 Å². The van der Waals surface area contributed by atoms with Crippen LogP contribution in [-0.4, -0.2) is 51.6 Å². The first-order chi connectivity index (χ1) is 18.6. The Hall–Kier alpha value is -4.11. The molecule has 0 radical (unpaired) electrons. The van der Waals surface area contributed by atoms with E-state index in [1.807, 2.05) is 52.2 Å². The SMILES string of the molecule is Cc1ccn2c(-c3ccc(Nc4ccc(C(C)(C)C(=O)CCCN(C)C)cn4)c4c3CNC4=O)cnc2c1F. The molecule has 0 unspecified atom stereocenters. The Balaban J connectivity index is 1.41. The van der Waals surface area contributed by atoms with Crippen LogP contribution in [0.15, 0.2) is 48.9 Å². The van der Waals surface area contributed by atoms with E-state index in [9.17, 15) is 14.0 Å². The Kier molecular flexibility index (Phi) is 6.94. The maximum absolute atomic E-state index is 14.6. The van der Waals surface area contributed by atoms with Crippen molar-refractivity contribution < 1.29 is 14.0 Å². The molecule has 0 spiro atoms. The van der Waals surface area contributed by atoms with E-state index in [1.165, 1.54) is 0 Å². The second-order valence-corrected chi connectivity index (χ2v) is 10.9. The van der Waals surface area contributed by atoms with Gasteiger partial charge in [0.2, 0.25) is 0 Å². The minimum absolute atomic E-state index is 0.180. The molecule has 1 amide bonds. The van der Waals surface area contributed by atoms with Crippen LogP contribution in [-0.2, 0) is 16.8 Å². The smallest absolute Gasteiger partial charge is 0.254 e. The first-order valence-electron chi connectivity index (χ1n) is 13.1. The van der Waals surface area contributed by atoms with E-state index in [0.717, 1.165) is 29.7 Å². The van der Waals surface area contributed by atoms with Gasteiger partial charge in [-0.05, 0) is 82.7 Å². The van der Waals surface area contributed by atoms with Crippen LogP contribution in [0.25, 0.3) is 16.9 Å². The van der Waals surface area contributed by atoms with Gasteiger partial charge in [0.1, 0.15) is 11.6 Å². The minimum Gasteiger partial charge on any atom is -0.348 e. The van der Waals surface area contributed by atoms with Crippen molar-refractivity contribution in [1.82, 2.24) is 24.6 Å². The summed E-state index contributed by atoms with van der Waals surface area (Å²) in [6.45, 7) is 6.79. The number of nitrogens with zero attached hydrogens (tertiary/aromatic N) is 4. The summed E-state index contributed by atoms with van der Waals surface area (Å²) >= 11 is 0. The maximum Gasteiger partial charge on any atom is 0.254 e. The molecular formula is C30H33FN6O2. The molecule has 2 N–H and O–H groups in total. The number of carbonyl (C=O) groups is 2. The third-order valence-corrected chi connectivity index (χ3v) is 7.51. The quantitative estimate of drug-likeness (QED) is 0.317. The van der Waals surface area contributed by atoms with Gasteiger partial charge in [-0.15, -0.1) is 0 Å². The number of ketones is 1. The van der Waals surface area contributed by atoms with Crippen molar-refractivity contribution in [2.75, 3.05) is 26.0 Å². The third kappa shape index (κ3) is 4.90. The molecule has 0 aliphatic carbocycles. The van der Waals surface area contributed by atoms with E-state index < -0.39 is 5.41 Å². The highest BCUT2D eigenvalue weighted by Crippen LogP contribution is 2.36. The number of rotatable bonds is 9. The Morgan fingerprint density at radius 2 is 1.95 bits per heavy atom. The van der Waals surface area contributed by atoms with Crippen molar-refractivity contribution in [3.05, 3.63) is 77.0 Å². The number of imidazole rings is 1. The van der Waals surface area contributed by atoms with Crippen molar-refractivity contribution in [1.29, 1.82) is 0 Å². The lowest BCUT2D eigenvalue weighted by molar-refractivity contribution is -0.123. The molecule has 9 heteroatoms. The van der Waals surface area contributed by atoms with Crippen molar-refractivity contribution in [2.24, 2.45) is 0 Å². The minimum atomic E-state index is -0.646. The Morgan fingerprint density at radius 1 is 1.15 bits per heavy atom. The Labute approximate surface area is 227 Å². The predicted octanol–water partition coefficient (Wildman–Crippen LogP) is 5.02. The predicted molar refractivity (Wildman–Crippen MR) is 150 cm³/mol. The zero-order valence-electron chi connectivity index (χ0n) is 22.9. The monoisotopic (exact) mass is 528 g/mol. The lowest BCUT2D eigenvalue weighted by atomic mass is 9.80. The fourth-order valence-electron chi connectivity index (χ4n) is 5.01. The number of aromatic nitrogens is 3. The molecule has 5 rings (SSSR count). The number of aryl methyl sites for hydroxylation is 1. The van der Waals surface area contributed by atoms with Gasteiger partial charge in [-0.2, -0.15) is 0 Å². The number of amides is 1. The molecule has 1 aliphatic heterocycles. The van der Waals surface area contributed by atoms with Crippen molar-refractivity contribution >= 4 is 28.8 Å². The number of hydrogen-bond donors (Lipinski definition) is 2. The van der Waals surface area contributed by atoms with Crippen LogP contribution in [0.1, 0.15) is 53.7 Å². The van der Waals surface area contributed by atoms with Crippen LogP contribution in [0.4, 0.5) is 15.9 Å². The van der Waals surface area contributed by atoms with E-state index in [4.69, 9.17) is 0 Å². The average molecular weight is 529 g/mol. The summed E-state index contributed by atoms with van der Waals surface area (Å²) in [5, 5.41) is 6.17. The first kappa shape index (κ1) is 26.5. The molecule has 202 valence electrons. The molecule has 0 saturated carbocycles. The number of Topliss-reactive ketones (excluding diaryl/α,β-unsaturated/α-hetero) is 1. The van der Waals surface area contributed by atoms with Gasteiger partial charge in [-0.25, -0.2) is 14.4 Å². The third-order valence-electron chi connectivity index (χ3n) is 7.51. The summed E-state index contributed by atoms with van der Waals surface area (Å²) in [5.41, 5.74) is 4.46. The highest BCUT2D eigenvalue weighted by Gasteiger charge is 2.30. The van der Waals surface area contributed by atoms with E-state index in [0.29, 0.717) is 41.3 Å². The van der Waals surface area contributed by atoms with Crippen LogP contribution < -0.4 is 10.6 Å². The first-order valence-corrected chi connectivity index (χ1v) is 13.1. The number of halogens is 1. The zero-order valence-corrected chi connectivity index (χ0v) is 22.9. The summed E-state index contributed by atoms with van der Waals surface area (Å²) in [5.74, 6) is 0.197.